The number of esters is 2. The van der Waals surface area contributed by atoms with E-state index >= 15 is 0 Å². The highest BCUT2D eigenvalue weighted by molar-refractivity contribution is 7.17. The first kappa shape index (κ1) is 21.5. The fraction of sp³-hybridized carbons (Fsp3) is 0.364. The average Bonchev–Trinajstić information content (AvgIpc) is 3.10. The van der Waals surface area contributed by atoms with Gasteiger partial charge in [0.15, 0.2) is 0 Å². The molecule has 0 spiro atoms. The summed E-state index contributed by atoms with van der Waals surface area (Å²) < 4.78 is 9.72. The van der Waals surface area contributed by atoms with Crippen LogP contribution in [0.25, 0.3) is 0 Å². The molecule has 3 rings (SSSR count). The first-order chi connectivity index (χ1) is 14.4. The third-order valence-corrected chi connectivity index (χ3v) is 6.31. The van der Waals surface area contributed by atoms with Crippen molar-refractivity contribution < 1.29 is 23.9 Å². The Bertz CT molecular complexity index is 1010. The number of methoxy groups -OCH3 is 1. The van der Waals surface area contributed by atoms with Gasteiger partial charge in [0.05, 0.1) is 30.8 Å². The van der Waals surface area contributed by atoms with Crippen molar-refractivity contribution in [3.05, 3.63) is 51.9 Å². The average molecular weight is 426 g/mol. The van der Waals surface area contributed by atoms with E-state index in [0.29, 0.717) is 29.8 Å². The van der Waals surface area contributed by atoms with Crippen LogP contribution in [-0.2, 0) is 37.3 Å². The van der Waals surface area contributed by atoms with Gasteiger partial charge in [0.1, 0.15) is 11.4 Å². The van der Waals surface area contributed by atoms with Crippen molar-refractivity contribution >= 4 is 34.2 Å². The number of ether oxygens (including phenoxy) is 2. The predicted molar refractivity (Wildman–Crippen MR) is 111 cm³/mol. The standard InChI is InChI=1S/C22H22N2O5S/c1-3-29-21(27)19-15-9-10-22(13-23,14-7-5-4-6-8-14)12-16(15)30-20(19)24-17(25)11-18(26)28-2/h4-8H,3,9-12H2,1-2H3,(H,24,25)/t22-/m0/s1. The van der Waals surface area contributed by atoms with Crippen molar-refractivity contribution in [1.29, 1.82) is 5.26 Å². The largest absolute Gasteiger partial charge is 0.469 e. The van der Waals surface area contributed by atoms with E-state index in [2.05, 4.69) is 16.1 Å². The topological polar surface area (TPSA) is 105 Å². The molecule has 2 aromatic rings. The number of carbonyl (C=O) groups is 3. The molecule has 0 unspecified atom stereocenters. The quantitative estimate of drug-likeness (QED) is 0.561. The molecule has 1 N–H and O–H groups in total. The Morgan fingerprint density at radius 1 is 1.27 bits per heavy atom. The van der Waals surface area contributed by atoms with Crippen LogP contribution in [0.3, 0.4) is 0 Å². The normalized spacial score (nSPS) is 17.4. The summed E-state index contributed by atoms with van der Waals surface area (Å²) >= 11 is 1.26. The zero-order chi connectivity index (χ0) is 21.7. The summed E-state index contributed by atoms with van der Waals surface area (Å²) in [6.07, 6.45) is 1.05. The van der Waals surface area contributed by atoms with Gasteiger partial charge in [-0.3, -0.25) is 9.59 Å². The molecule has 7 nitrogen and oxygen atoms in total. The van der Waals surface area contributed by atoms with E-state index in [4.69, 9.17) is 4.74 Å². The third-order valence-electron chi connectivity index (χ3n) is 5.16. The van der Waals surface area contributed by atoms with Crippen molar-refractivity contribution in [1.82, 2.24) is 0 Å². The Morgan fingerprint density at radius 3 is 2.63 bits per heavy atom. The summed E-state index contributed by atoms with van der Waals surface area (Å²) in [5, 5.41) is 13.0. The molecular formula is C22H22N2O5S. The first-order valence-corrected chi connectivity index (χ1v) is 10.4. The van der Waals surface area contributed by atoms with Crippen LogP contribution in [0.1, 0.15) is 46.1 Å². The molecule has 0 radical (unpaired) electrons. The van der Waals surface area contributed by atoms with Crippen LogP contribution in [0.4, 0.5) is 5.00 Å². The number of nitrogens with one attached hydrogen (secondary N) is 1. The molecule has 8 heteroatoms. The number of nitrogens with zero attached hydrogens (tertiary/aromatic N) is 1. The van der Waals surface area contributed by atoms with Crippen molar-refractivity contribution in [2.45, 2.75) is 38.0 Å². The molecule has 1 heterocycles. The van der Waals surface area contributed by atoms with Gasteiger partial charge in [-0.05, 0) is 30.9 Å². The van der Waals surface area contributed by atoms with Crippen LogP contribution >= 0.6 is 11.3 Å². The van der Waals surface area contributed by atoms with E-state index < -0.39 is 29.7 Å². The molecule has 30 heavy (non-hydrogen) atoms. The fourth-order valence-electron chi connectivity index (χ4n) is 3.67. The van der Waals surface area contributed by atoms with Crippen LogP contribution in [-0.4, -0.2) is 31.6 Å². The molecular weight excluding hydrogens is 404 g/mol. The monoisotopic (exact) mass is 426 g/mol. The lowest BCUT2D eigenvalue weighted by atomic mass is 9.70. The van der Waals surface area contributed by atoms with Crippen molar-refractivity contribution in [2.24, 2.45) is 0 Å². The predicted octanol–water partition coefficient (Wildman–Crippen LogP) is 3.38. The van der Waals surface area contributed by atoms with Crippen LogP contribution in [0.2, 0.25) is 0 Å². The number of hydrogen-bond donors (Lipinski definition) is 1. The van der Waals surface area contributed by atoms with E-state index in [9.17, 15) is 19.6 Å². The third kappa shape index (κ3) is 4.21. The second kappa shape index (κ2) is 9.09. The van der Waals surface area contributed by atoms with Gasteiger partial charge in [-0.1, -0.05) is 30.3 Å². The number of thiophene rings is 1. The van der Waals surface area contributed by atoms with E-state index in [1.807, 2.05) is 30.3 Å². The molecule has 1 atom stereocenters. The highest BCUT2D eigenvalue weighted by atomic mass is 32.1. The molecule has 0 aliphatic heterocycles. The maximum absolute atomic E-state index is 12.6. The second-order valence-electron chi connectivity index (χ2n) is 6.97. The van der Waals surface area contributed by atoms with Crippen molar-refractivity contribution in [2.75, 3.05) is 19.0 Å². The van der Waals surface area contributed by atoms with Gasteiger partial charge in [0.25, 0.3) is 0 Å². The van der Waals surface area contributed by atoms with E-state index in [-0.39, 0.29) is 6.61 Å². The van der Waals surface area contributed by atoms with Crippen LogP contribution in [0.5, 0.6) is 0 Å². The molecule has 0 saturated heterocycles. The number of fused-ring (bicyclic) bond motifs is 1. The lowest BCUT2D eigenvalue weighted by molar-refractivity contribution is -0.142. The minimum Gasteiger partial charge on any atom is -0.469 e. The van der Waals surface area contributed by atoms with Gasteiger partial charge in [0, 0.05) is 11.3 Å². The Morgan fingerprint density at radius 2 is 2.00 bits per heavy atom. The molecule has 1 aliphatic carbocycles. The van der Waals surface area contributed by atoms with Crippen LogP contribution < -0.4 is 5.32 Å². The summed E-state index contributed by atoms with van der Waals surface area (Å²) in [6, 6.07) is 12.1. The number of nitriles is 1. The lowest BCUT2D eigenvalue weighted by Gasteiger charge is -2.31. The molecule has 1 aromatic heterocycles. The molecule has 0 fully saturated rings. The van der Waals surface area contributed by atoms with Crippen LogP contribution in [0.15, 0.2) is 30.3 Å². The van der Waals surface area contributed by atoms with E-state index in [1.54, 1.807) is 6.92 Å². The smallest absolute Gasteiger partial charge is 0.341 e. The Balaban J connectivity index is 1.98. The first-order valence-electron chi connectivity index (χ1n) is 9.59. The second-order valence-corrected chi connectivity index (χ2v) is 8.07. The van der Waals surface area contributed by atoms with Gasteiger partial charge in [-0.25, -0.2) is 4.79 Å². The van der Waals surface area contributed by atoms with Crippen molar-refractivity contribution in [3.8, 4) is 6.07 Å². The summed E-state index contributed by atoms with van der Waals surface area (Å²) in [5.74, 6) is -1.76. The summed E-state index contributed by atoms with van der Waals surface area (Å²) in [7, 11) is 1.20. The van der Waals surface area contributed by atoms with E-state index in [1.165, 1.54) is 18.4 Å². The minimum atomic E-state index is -0.696. The lowest BCUT2D eigenvalue weighted by Crippen LogP contribution is -2.31. The number of benzene rings is 1. The minimum absolute atomic E-state index is 0.200. The zero-order valence-electron chi connectivity index (χ0n) is 16.8. The summed E-state index contributed by atoms with van der Waals surface area (Å²) in [4.78, 5) is 37.1. The number of anilines is 1. The zero-order valence-corrected chi connectivity index (χ0v) is 17.6. The van der Waals surface area contributed by atoms with Crippen molar-refractivity contribution in [3.63, 3.8) is 0 Å². The van der Waals surface area contributed by atoms with Gasteiger partial charge < -0.3 is 14.8 Å². The number of carbonyl (C=O) groups excluding carboxylic acids is 3. The number of hydrogen-bond acceptors (Lipinski definition) is 7. The van der Waals surface area contributed by atoms with Gasteiger partial charge in [0.2, 0.25) is 5.91 Å². The fourth-order valence-corrected chi connectivity index (χ4v) is 5.03. The highest BCUT2D eigenvalue weighted by Crippen LogP contribution is 2.45. The van der Waals surface area contributed by atoms with Crippen LogP contribution in [0, 0.1) is 11.3 Å². The summed E-state index contributed by atoms with van der Waals surface area (Å²) in [6.45, 7) is 1.91. The maximum Gasteiger partial charge on any atom is 0.341 e. The van der Waals surface area contributed by atoms with Gasteiger partial charge >= 0.3 is 11.9 Å². The summed E-state index contributed by atoms with van der Waals surface area (Å²) in [5.41, 5.74) is 1.35. The molecule has 1 amide bonds. The number of amides is 1. The highest BCUT2D eigenvalue weighted by Gasteiger charge is 2.40. The van der Waals surface area contributed by atoms with E-state index in [0.717, 1.165) is 16.0 Å². The Hall–Kier alpha value is -3.18. The molecule has 0 bridgehead atoms. The number of rotatable bonds is 6. The SMILES string of the molecule is CCOC(=O)c1c(NC(=O)CC(=O)OC)sc2c1CC[C@](C#N)(c1ccccc1)C2. The Kier molecular flexibility index (Phi) is 6.53. The Labute approximate surface area is 178 Å². The molecule has 1 aromatic carbocycles. The molecule has 0 saturated carbocycles. The van der Waals surface area contributed by atoms with Gasteiger partial charge in [-0.2, -0.15) is 5.26 Å². The van der Waals surface area contributed by atoms with Gasteiger partial charge in [-0.15, -0.1) is 11.3 Å². The molecule has 156 valence electrons. The molecule has 1 aliphatic rings. The maximum atomic E-state index is 12.6.